The first-order chi connectivity index (χ1) is 12.8. The molecule has 2 N–H and O–H groups in total. The first-order valence-corrected chi connectivity index (χ1v) is 8.22. The van der Waals surface area contributed by atoms with Gasteiger partial charge >= 0.3 is 6.03 Å². The summed E-state index contributed by atoms with van der Waals surface area (Å²) >= 11 is 0. The number of ether oxygens (including phenoxy) is 1. The van der Waals surface area contributed by atoms with Crippen LogP contribution in [0.2, 0.25) is 0 Å². The highest BCUT2D eigenvalue weighted by atomic mass is 16.5. The van der Waals surface area contributed by atoms with Crippen molar-refractivity contribution >= 4 is 34.4 Å². The van der Waals surface area contributed by atoms with E-state index in [-0.39, 0.29) is 5.95 Å². The van der Waals surface area contributed by atoms with Crippen LogP contribution in [0, 0.1) is 0 Å². The number of aromatic nitrogens is 4. The van der Waals surface area contributed by atoms with Crippen LogP contribution in [0.4, 0.5) is 22.2 Å². The van der Waals surface area contributed by atoms with E-state index in [1.807, 2.05) is 24.3 Å². The summed E-state index contributed by atoms with van der Waals surface area (Å²) in [6.45, 7) is 2.78. The molecule has 9 heteroatoms. The topological polar surface area (TPSA) is 105 Å². The van der Waals surface area contributed by atoms with Gasteiger partial charge in [0, 0.05) is 18.5 Å². The van der Waals surface area contributed by atoms with E-state index in [2.05, 4.69) is 35.5 Å². The summed E-state index contributed by atoms with van der Waals surface area (Å²) < 4.78 is 5.42. The van der Waals surface area contributed by atoms with Gasteiger partial charge in [0.25, 0.3) is 0 Å². The molecule has 1 saturated heterocycles. The Hall–Kier alpha value is -3.33. The Balaban J connectivity index is 1.61. The number of hydrogen-bond acceptors (Lipinski definition) is 7. The third-order valence-electron chi connectivity index (χ3n) is 3.94. The zero-order chi connectivity index (χ0) is 17.8. The molecule has 9 nitrogen and oxygen atoms in total. The van der Waals surface area contributed by atoms with Crippen molar-refractivity contribution in [1.82, 2.24) is 19.9 Å². The number of anilines is 3. The molecule has 3 aromatic rings. The molecular formula is C17H17N7O2. The number of para-hydroxylation sites is 1. The van der Waals surface area contributed by atoms with E-state index >= 15 is 0 Å². The first kappa shape index (κ1) is 16.2. The highest BCUT2D eigenvalue weighted by Gasteiger charge is 2.18. The minimum absolute atomic E-state index is 0.236. The number of benzene rings is 1. The monoisotopic (exact) mass is 351 g/mol. The molecule has 4 rings (SSSR count). The molecule has 26 heavy (non-hydrogen) atoms. The van der Waals surface area contributed by atoms with Crippen LogP contribution in [0.5, 0.6) is 0 Å². The van der Waals surface area contributed by atoms with Gasteiger partial charge in [-0.15, -0.1) is 0 Å². The molecule has 3 heterocycles. The number of fused-ring (bicyclic) bond motifs is 1. The van der Waals surface area contributed by atoms with Gasteiger partial charge in [-0.2, -0.15) is 4.98 Å². The second-order valence-electron chi connectivity index (χ2n) is 5.69. The molecule has 132 valence electrons. The fourth-order valence-electron chi connectivity index (χ4n) is 2.76. The number of nitrogens with one attached hydrogen (secondary N) is 2. The Bertz CT molecular complexity index is 913. The molecule has 0 spiro atoms. The van der Waals surface area contributed by atoms with Crippen molar-refractivity contribution in [3.05, 3.63) is 43.0 Å². The Labute approximate surface area is 149 Å². The molecular weight excluding hydrogens is 334 g/mol. The van der Waals surface area contributed by atoms with Crippen LogP contribution in [-0.4, -0.2) is 52.3 Å². The molecule has 2 aromatic heterocycles. The highest BCUT2D eigenvalue weighted by Crippen LogP contribution is 2.26. The quantitative estimate of drug-likeness (QED) is 0.742. The van der Waals surface area contributed by atoms with E-state index in [1.54, 1.807) is 0 Å². The van der Waals surface area contributed by atoms with Crippen molar-refractivity contribution in [2.75, 3.05) is 41.8 Å². The lowest BCUT2D eigenvalue weighted by Gasteiger charge is -2.28. The Kier molecular flexibility index (Phi) is 4.52. The summed E-state index contributed by atoms with van der Waals surface area (Å²) in [7, 11) is 0. The normalized spacial score (nSPS) is 14.2. The van der Waals surface area contributed by atoms with E-state index in [9.17, 15) is 4.79 Å². The highest BCUT2D eigenvalue weighted by molar-refractivity contribution is 5.99. The number of nitrogens with zero attached hydrogens (tertiary/aromatic N) is 5. The lowest BCUT2D eigenvalue weighted by Crippen LogP contribution is -2.37. The minimum atomic E-state index is -0.456. The zero-order valence-corrected chi connectivity index (χ0v) is 13.9. The zero-order valence-electron chi connectivity index (χ0n) is 13.9. The molecule has 1 aromatic carbocycles. The molecule has 0 atom stereocenters. The molecule has 1 aliphatic heterocycles. The number of morpholine rings is 1. The Morgan fingerprint density at radius 2 is 1.81 bits per heavy atom. The average molecular weight is 351 g/mol. The van der Waals surface area contributed by atoms with Gasteiger partial charge < -0.3 is 15.0 Å². The lowest BCUT2D eigenvalue weighted by atomic mass is 10.2. The number of carbonyl (C=O) groups excluding carboxylic acids is 1. The van der Waals surface area contributed by atoms with Crippen LogP contribution in [0.25, 0.3) is 10.9 Å². The summed E-state index contributed by atoms with van der Waals surface area (Å²) in [5.74, 6) is 1.02. The van der Waals surface area contributed by atoms with E-state index in [0.717, 1.165) is 29.8 Å². The van der Waals surface area contributed by atoms with Crippen LogP contribution >= 0.6 is 0 Å². The van der Waals surface area contributed by atoms with Crippen LogP contribution < -0.4 is 15.5 Å². The van der Waals surface area contributed by atoms with Gasteiger partial charge in [0.2, 0.25) is 5.95 Å². The molecule has 1 fully saturated rings. The van der Waals surface area contributed by atoms with Gasteiger partial charge in [-0.1, -0.05) is 12.1 Å². The summed E-state index contributed by atoms with van der Waals surface area (Å²) in [4.78, 5) is 31.1. The van der Waals surface area contributed by atoms with Gasteiger partial charge in [-0.05, 0) is 12.1 Å². The fraction of sp³-hybridized carbons (Fsp3) is 0.235. The van der Waals surface area contributed by atoms with E-state index in [4.69, 9.17) is 4.74 Å². The summed E-state index contributed by atoms with van der Waals surface area (Å²) in [6, 6.07) is 7.28. The first-order valence-electron chi connectivity index (χ1n) is 8.22. The van der Waals surface area contributed by atoms with Crippen molar-refractivity contribution < 1.29 is 9.53 Å². The molecule has 0 radical (unpaired) electrons. The number of amides is 2. The standard InChI is InChI=1S/C17H17N7O2/c25-17(20-12-9-18-11-19-10-12)23-16-21-14-4-2-1-3-13(14)15(22-16)24-5-7-26-8-6-24/h1-4,9-11H,5-8H2,(H2,20,21,22,23,25). The van der Waals surface area contributed by atoms with Crippen LogP contribution in [0.1, 0.15) is 0 Å². The van der Waals surface area contributed by atoms with Gasteiger partial charge in [0.1, 0.15) is 12.1 Å². The van der Waals surface area contributed by atoms with Crippen LogP contribution in [-0.2, 0) is 4.74 Å². The van der Waals surface area contributed by atoms with E-state index < -0.39 is 6.03 Å². The number of carbonyl (C=O) groups is 1. The van der Waals surface area contributed by atoms with Crippen molar-refractivity contribution in [2.45, 2.75) is 0 Å². The van der Waals surface area contributed by atoms with E-state index in [0.29, 0.717) is 18.9 Å². The minimum Gasteiger partial charge on any atom is -0.378 e. The Morgan fingerprint density at radius 1 is 1.04 bits per heavy atom. The number of rotatable bonds is 3. The van der Waals surface area contributed by atoms with Crippen molar-refractivity contribution in [1.29, 1.82) is 0 Å². The average Bonchev–Trinajstić information content (AvgIpc) is 2.69. The molecule has 0 saturated carbocycles. The van der Waals surface area contributed by atoms with Gasteiger partial charge in [0.15, 0.2) is 0 Å². The van der Waals surface area contributed by atoms with Gasteiger partial charge in [-0.3, -0.25) is 5.32 Å². The van der Waals surface area contributed by atoms with E-state index in [1.165, 1.54) is 18.7 Å². The van der Waals surface area contributed by atoms with Crippen molar-refractivity contribution in [3.63, 3.8) is 0 Å². The maximum Gasteiger partial charge on any atom is 0.326 e. The maximum absolute atomic E-state index is 12.2. The SMILES string of the molecule is O=C(Nc1cncnc1)Nc1nc(N2CCOCC2)c2ccccc2n1. The Morgan fingerprint density at radius 3 is 2.62 bits per heavy atom. The van der Waals surface area contributed by atoms with Crippen LogP contribution in [0.3, 0.4) is 0 Å². The maximum atomic E-state index is 12.2. The predicted molar refractivity (Wildman–Crippen MR) is 97.2 cm³/mol. The summed E-state index contributed by atoms with van der Waals surface area (Å²) in [6.07, 6.45) is 4.41. The lowest BCUT2D eigenvalue weighted by molar-refractivity contribution is 0.122. The summed E-state index contributed by atoms with van der Waals surface area (Å²) in [5.41, 5.74) is 1.25. The predicted octanol–water partition coefficient (Wildman–Crippen LogP) is 1.90. The second-order valence-corrected chi connectivity index (χ2v) is 5.69. The molecule has 0 bridgehead atoms. The largest absolute Gasteiger partial charge is 0.378 e. The molecule has 0 aliphatic carbocycles. The van der Waals surface area contributed by atoms with Crippen molar-refractivity contribution in [2.24, 2.45) is 0 Å². The van der Waals surface area contributed by atoms with Crippen molar-refractivity contribution in [3.8, 4) is 0 Å². The third kappa shape index (κ3) is 3.52. The third-order valence-corrected chi connectivity index (χ3v) is 3.94. The molecule has 1 aliphatic rings. The number of urea groups is 1. The molecule has 0 unspecified atom stereocenters. The van der Waals surface area contributed by atoms with Gasteiger partial charge in [0.05, 0.1) is 36.8 Å². The number of hydrogen-bond donors (Lipinski definition) is 2. The van der Waals surface area contributed by atoms with Gasteiger partial charge in [-0.25, -0.2) is 19.7 Å². The summed E-state index contributed by atoms with van der Waals surface area (Å²) in [5, 5.41) is 6.27. The fourth-order valence-corrected chi connectivity index (χ4v) is 2.76. The smallest absolute Gasteiger partial charge is 0.326 e. The van der Waals surface area contributed by atoms with Crippen LogP contribution in [0.15, 0.2) is 43.0 Å². The molecule has 2 amide bonds. The second kappa shape index (κ2) is 7.28.